The van der Waals surface area contributed by atoms with E-state index in [-0.39, 0.29) is 5.78 Å². The van der Waals surface area contributed by atoms with Crippen LogP contribution in [0.1, 0.15) is 34.5 Å². The van der Waals surface area contributed by atoms with Gasteiger partial charge < -0.3 is 10.1 Å². The molecule has 1 aliphatic carbocycles. The summed E-state index contributed by atoms with van der Waals surface area (Å²) in [6.07, 6.45) is 3.23. The van der Waals surface area contributed by atoms with Crippen LogP contribution in [-0.2, 0) is 12.8 Å². The molecular formula is C22H22N2O2. The Hall–Kier alpha value is -2.88. The fourth-order valence-electron chi connectivity index (χ4n) is 3.60. The lowest BCUT2D eigenvalue weighted by Crippen LogP contribution is -2.17. The number of ketones is 1. The molecule has 26 heavy (non-hydrogen) atoms. The monoisotopic (exact) mass is 346 g/mol. The summed E-state index contributed by atoms with van der Waals surface area (Å²) in [4.78, 5) is 17.4. The number of aromatic nitrogens is 1. The van der Waals surface area contributed by atoms with Crippen molar-refractivity contribution in [3.05, 3.63) is 65.4 Å². The molecule has 0 unspecified atom stereocenters. The van der Waals surface area contributed by atoms with Crippen molar-refractivity contribution in [2.24, 2.45) is 0 Å². The first-order valence-corrected chi connectivity index (χ1v) is 9.08. The number of nitrogens with zero attached hydrogens (tertiary/aromatic N) is 1. The lowest BCUT2D eigenvalue weighted by atomic mass is 9.91. The van der Waals surface area contributed by atoms with Gasteiger partial charge in [-0.2, -0.15) is 0 Å². The van der Waals surface area contributed by atoms with Crippen molar-refractivity contribution in [2.75, 3.05) is 19.0 Å². The zero-order valence-electron chi connectivity index (χ0n) is 14.9. The van der Waals surface area contributed by atoms with Gasteiger partial charge in [-0.25, -0.2) is 0 Å². The molecule has 132 valence electrons. The molecule has 1 aromatic heterocycles. The maximum Gasteiger partial charge on any atom is 0.166 e. The van der Waals surface area contributed by atoms with Crippen molar-refractivity contribution >= 4 is 22.4 Å². The molecule has 3 aromatic rings. The highest BCUT2D eigenvalue weighted by Crippen LogP contribution is 2.35. The Morgan fingerprint density at radius 3 is 2.77 bits per heavy atom. The molecule has 0 spiro atoms. The summed E-state index contributed by atoms with van der Waals surface area (Å²) in [6, 6.07) is 16.2. The Labute approximate surface area is 153 Å². The number of aryl methyl sites for hydroxylation is 1. The van der Waals surface area contributed by atoms with E-state index in [0.29, 0.717) is 6.42 Å². The van der Waals surface area contributed by atoms with Gasteiger partial charge in [0.15, 0.2) is 5.78 Å². The second-order valence-corrected chi connectivity index (χ2v) is 6.63. The van der Waals surface area contributed by atoms with Gasteiger partial charge in [0.1, 0.15) is 5.75 Å². The van der Waals surface area contributed by atoms with Crippen molar-refractivity contribution in [3.63, 3.8) is 0 Å². The maximum atomic E-state index is 12.6. The van der Waals surface area contributed by atoms with Gasteiger partial charge in [0, 0.05) is 18.4 Å². The third-order valence-electron chi connectivity index (χ3n) is 4.92. The van der Waals surface area contributed by atoms with E-state index in [4.69, 9.17) is 9.72 Å². The van der Waals surface area contributed by atoms with Crippen LogP contribution in [0.15, 0.2) is 48.5 Å². The van der Waals surface area contributed by atoms with E-state index in [1.165, 1.54) is 5.56 Å². The molecule has 4 heteroatoms. The highest BCUT2D eigenvalue weighted by molar-refractivity contribution is 6.10. The van der Waals surface area contributed by atoms with Crippen molar-refractivity contribution in [2.45, 2.75) is 25.7 Å². The van der Waals surface area contributed by atoms with E-state index in [0.717, 1.165) is 59.4 Å². The topological polar surface area (TPSA) is 51.2 Å². The number of pyridine rings is 1. The van der Waals surface area contributed by atoms with E-state index in [1.54, 1.807) is 7.11 Å². The van der Waals surface area contributed by atoms with Crippen LogP contribution in [0.25, 0.3) is 10.9 Å². The van der Waals surface area contributed by atoms with Gasteiger partial charge in [-0.3, -0.25) is 9.78 Å². The predicted octanol–water partition coefficient (Wildman–Crippen LogP) is 4.42. The van der Waals surface area contributed by atoms with Gasteiger partial charge in [0.05, 0.1) is 29.6 Å². The number of hydrogen-bond acceptors (Lipinski definition) is 4. The quantitative estimate of drug-likeness (QED) is 0.743. The third-order valence-corrected chi connectivity index (χ3v) is 4.92. The number of hydrogen-bond donors (Lipinski definition) is 1. The largest absolute Gasteiger partial charge is 0.497 e. The van der Waals surface area contributed by atoms with Crippen molar-refractivity contribution in [1.82, 2.24) is 4.98 Å². The van der Waals surface area contributed by atoms with Crippen LogP contribution in [-0.4, -0.2) is 24.4 Å². The Balaban J connectivity index is 1.74. The number of carbonyl (C=O) groups excluding carboxylic acids is 1. The summed E-state index contributed by atoms with van der Waals surface area (Å²) >= 11 is 0. The molecular weight excluding hydrogens is 324 g/mol. The highest BCUT2D eigenvalue weighted by Gasteiger charge is 2.24. The molecule has 1 aliphatic rings. The molecule has 4 nitrogen and oxygen atoms in total. The number of rotatable bonds is 5. The van der Waals surface area contributed by atoms with Gasteiger partial charge in [0.25, 0.3) is 0 Å². The first-order chi connectivity index (χ1) is 12.8. The minimum atomic E-state index is 0.186. The molecule has 0 aliphatic heterocycles. The first kappa shape index (κ1) is 16.6. The Bertz CT molecular complexity index is 951. The van der Waals surface area contributed by atoms with Crippen molar-refractivity contribution in [3.8, 4) is 5.75 Å². The molecule has 1 N–H and O–H groups in total. The fraction of sp³-hybridized carbons (Fsp3) is 0.273. The molecule has 0 bridgehead atoms. The Morgan fingerprint density at radius 1 is 1.12 bits per heavy atom. The number of carbonyl (C=O) groups is 1. The molecule has 0 atom stereocenters. The lowest BCUT2D eigenvalue weighted by Gasteiger charge is -2.21. The molecule has 4 rings (SSSR count). The van der Waals surface area contributed by atoms with Crippen LogP contribution < -0.4 is 10.1 Å². The number of methoxy groups -OCH3 is 1. The standard InChI is InChI=1S/C22H22N2O2/c1-26-16-10-11-18-17(14-16)22(21-19(24-18)8-5-9-20(21)25)23-13-12-15-6-3-2-4-7-15/h2-4,6-7,10-11,14H,5,8-9,12-13H2,1H3,(H,23,24). The summed E-state index contributed by atoms with van der Waals surface area (Å²) < 4.78 is 5.38. The van der Waals surface area contributed by atoms with Crippen molar-refractivity contribution in [1.29, 1.82) is 0 Å². The summed E-state index contributed by atoms with van der Waals surface area (Å²) in [5.41, 5.74) is 4.77. The lowest BCUT2D eigenvalue weighted by molar-refractivity contribution is 0.0972. The van der Waals surface area contributed by atoms with Gasteiger partial charge in [-0.15, -0.1) is 0 Å². The van der Waals surface area contributed by atoms with E-state index in [9.17, 15) is 4.79 Å². The van der Waals surface area contributed by atoms with Crippen molar-refractivity contribution < 1.29 is 9.53 Å². The Kier molecular flexibility index (Phi) is 4.57. The van der Waals surface area contributed by atoms with Gasteiger partial charge in [-0.1, -0.05) is 30.3 Å². The molecule has 1 heterocycles. The normalized spacial score (nSPS) is 13.5. The van der Waals surface area contributed by atoms with Gasteiger partial charge in [-0.05, 0) is 43.0 Å². The summed E-state index contributed by atoms with van der Waals surface area (Å²) in [5, 5.41) is 4.48. The average Bonchev–Trinajstić information content (AvgIpc) is 2.68. The zero-order valence-corrected chi connectivity index (χ0v) is 14.9. The highest BCUT2D eigenvalue weighted by atomic mass is 16.5. The third kappa shape index (κ3) is 3.15. The smallest absolute Gasteiger partial charge is 0.166 e. The average molecular weight is 346 g/mol. The predicted molar refractivity (Wildman–Crippen MR) is 104 cm³/mol. The minimum absolute atomic E-state index is 0.186. The molecule has 2 aromatic carbocycles. The van der Waals surface area contributed by atoms with E-state index in [1.807, 2.05) is 36.4 Å². The van der Waals surface area contributed by atoms with Crippen LogP contribution in [0.3, 0.4) is 0 Å². The van der Waals surface area contributed by atoms with Crippen LogP contribution in [0, 0.1) is 0 Å². The fourth-order valence-corrected chi connectivity index (χ4v) is 3.60. The number of anilines is 1. The molecule has 0 radical (unpaired) electrons. The van der Waals surface area contributed by atoms with E-state index < -0.39 is 0 Å². The molecule has 0 saturated heterocycles. The number of fused-ring (bicyclic) bond motifs is 2. The van der Waals surface area contributed by atoms with Crippen LogP contribution in [0.4, 0.5) is 5.69 Å². The van der Waals surface area contributed by atoms with E-state index >= 15 is 0 Å². The molecule has 0 amide bonds. The summed E-state index contributed by atoms with van der Waals surface area (Å²) in [6.45, 7) is 0.764. The van der Waals surface area contributed by atoms with Crippen LogP contribution in [0.2, 0.25) is 0 Å². The maximum absolute atomic E-state index is 12.6. The second kappa shape index (κ2) is 7.16. The summed E-state index contributed by atoms with van der Waals surface area (Å²) in [5.74, 6) is 0.958. The number of benzene rings is 2. The zero-order chi connectivity index (χ0) is 17.9. The van der Waals surface area contributed by atoms with Crippen LogP contribution >= 0.6 is 0 Å². The molecule has 0 saturated carbocycles. The first-order valence-electron chi connectivity index (χ1n) is 9.08. The Morgan fingerprint density at radius 2 is 1.96 bits per heavy atom. The van der Waals surface area contributed by atoms with Gasteiger partial charge in [0.2, 0.25) is 0 Å². The SMILES string of the molecule is COc1ccc2nc3c(c(NCCc4ccccc4)c2c1)C(=O)CCC3. The number of nitrogens with one attached hydrogen (secondary N) is 1. The van der Waals surface area contributed by atoms with Gasteiger partial charge >= 0.3 is 0 Å². The number of Topliss-reactive ketones (excluding diaryl/α,β-unsaturated/α-hetero) is 1. The second-order valence-electron chi connectivity index (χ2n) is 6.63. The van der Waals surface area contributed by atoms with E-state index in [2.05, 4.69) is 17.4 Å². The molecule has 0 fully saturated rings. The van der Waals surface area contributed by atoms with Crippen LogP contribution in [0.5, 0.6) is 5.75 Å². The number of ether oxygens (including phenoxy) is 1. The summed E-state index contributed by atoms with van der Waals surface area (Å²) in [7, 11) is 1.65. The minimum Gasteiger partial charge on any atom is -0.497 e.